The number of nitrogens with two attached hydrogens (primary N) is 2. The summed E-state index contributed by atoms with van der Waals surface area (Å²) in [5.41, 5.74) is 13.4. The van der Waals surface area contributed by atoms with Crippen molar-refractivity contribution < 1.29 is 24.2 Å². The molecule has 0 heterocycles. The summed E-state index contributed by atoms with van der Waals surface area (Å²) < 4.78 is 5.90. The first-order chi connectivity index (χ1) is 14.8. The van der Waals surface area contributed by atoms with E-state index in [0.29, 0.717) is 12.2 Å². The molecular formula is C24H20N2O5. The number of hydrogen-bond acceptors (Lipinski definition) is 6. The molecule has 1 aliphatic carbocycles. The van der Waals surface area contributed by atoms with E-state index in [1.165, 1.54) is 6.07 Å². The number of nitrogen functional groups attached to an aromatic ring is 1. The second-order valence-corrected chi connectivity index (χ2v) is 7.43. The van der Waals surface area contributed by atoms with Crippen LogP contribution < -0.4 is 16.2 Å². The van der Waals surface area contributed by atoms with Crippen molar-refractivity contribution in [2.45, 2.75) is 19.8 Å². The first-order valence-corrected chi connectivity index (χ1v) is 9.67. The molecule has 0 saturated carbocycles. The summed E-state index contributed by atoms with van der Waals surface area (Å²) >= 11 is 0. The number of ether oxygens (including phenoxy) is 1. The van der Waals surface area contributed by atoms with Gasteiger partial charge in [0, 0.05) is 23.6 Å². The van der Waals surface area contributed by atoms with Gasteiger partial charge in [-0.15, -0.1) is 0 Å². The van der Waals surface area contributed by atoms with E-state index in [1.54, 1.807) is 36.4 Å². The number of aryl methyl sites for hydroxylation is 2. The fourth-order valence-corrected chi connectivity index (χ4v) is 3.73. The van der Waals surface area contributed by atoms with Crippen molar-refractivity contribution in [3.05, 3.63) is 81.9 Å². The number of fused-ring (bicyclic) bond motifs is 2. The molecule has 5 N–H and O–H groups in total. The van der Waals surface area contributed by atoms with Crippen LogP contribution in [0.15, 0.2) is 48.5 Å². The van der Waals surface area contributed by atoms with Crippen LogP contribution in [-0.2, 0) is 11.2 Å². The summed E-state index contributed by atoms with van der Waals surface area (Å²) in [6, 6.07) is 13.0. The minimum absolute atomic E-state index is 0.0159. The highest BCUT2D eigenvalue weighted by molar-refractivity contribution is 6.31. The minimum Gasteiger partial charge on any atom is -0.507 e. The molecule has 0 bridgehead atoms. The molecule has 1 amide bonds. The molecule has 7 heteroatoms. The Bertz CT molecular complexity index is 1260. The summed E-state index contributed by atoms with van der Waals surface area (Å²) in [4.78, 5) is 36.9. The highest BCUT2D eigenvalue weighted by atomic mass is 16.5. The molecular weight excluding hydrogens is 396 g/mol. The Morgan fingerprint density at radius 2 is 1.61 bits per heavy atom. The van der Waals surface area contributed by atoms with Crippen molar-refractivity contribution in [3.63, 3.8) is 0 Å². The Morgan fingerprint density at radius 3 is 2.23 bits per heavy atom. The summed E-state index contributed by atoms with van der Waals surface area (Å²) in [6.07, 6.45) is 0.747. The van der Waals surface area contributed by atoms with E-state index in [0.717, 1.165) is 11.1 Å². The number of rotatable bonds is 5. The fraction of sp³-hybridized carbons (Fsp3) is 0.125. The van der Waals surface area contributed by atoms with E-state index in [1.807, 2.05) is 13.0 Å². The van der Waals surface area contributed by atoms with Gasteiger partial charge in [-0.1, -0.05) is 36.4 Å². The van der Waals surface area contributed by atoms with Crippen molar-refractivity contribution >= 4 is 23.2 Å². The molecule has 156 valence electrons. The summed E-state index contributed by atoms with van der Waals surface area (Å²) in [5, 5.41) is 10.5. The van der Waals surface area contributed by atoms with Gasteiger partial charge in [-0.05, 0) is 30.5 Å². The molecule has 3 aromatic carbocycles. The van der Waals surface area contributed by atoms with Crippen LogP contribution in [-0.4, -0.2) is 22.6 Å². The topological polar surface area (TPSA) is 133 Å². The lowest BCUT2D eigenvalue weighted by Crippen LogP contribution is -2.22. The van der Waals surface area contributed by atoms with Gasteiger partial charge >= 0.3 is 0 Å². The third-order valence-electron chi connectivity index (χ3n) is 5.30. The predicted molar refractivity (Wildman–Crippen MR) is 115 cm³/mol. The number of carbonyl (C=O) groups excluding carboxylic acids is 3. The van der Waals surface area contributed by atoms with Crippen molar-refractivity contribution in [1.82, 2.24) is 0 Å². The van der Waals surface area contributed by atoms with Gasteiger partial charge in [0.05, 0.1) is 16.8 Å². The average molecular weight is 416 g/mol. The SMILES string of the molecule is Cc1cc(CCC(N)=O)ccc1Oc1cc(O)c2c(c1N)C(=O)c1ccccc1C2=O. The number of phenolic OH excluding ortho intramolecular Hbond substituents is 1. The van der Waals surface area contributed by atoms with Crippen molar-refractivity contribution in [1.29, 1.82) is 0 Å². The zero-order valence-corrected chi connectivity index (χ0v) is 16.8. The van der Waals surface area contributed by atoms with Gasteiger partial charge in [-0.3, -0.25) is 14.4 Å². The Labute approximate surface area is 178 Å². The number of ketones is 2. The maximum atomic E-state index is 13.0. The average Bonchev–Trinajstić information content (AvgIpc) is 2.74. The third kappa shape index (κ3) is 3.50. The van der Waals surface area contributed by atoms with Gasteiger partial charge in [-0.2, -0.15) is 0 Å². The van der Waals surface area contributed by atoms with Crippen LogP contribution in [0.1, 0.15) is 49.4 Å². The van der Waals surface area contributed by atoms with E-state index in [2.05, 4.69) is 0 Å². The van der Waals surface area contributed by atoms with Gasteiger partial charge in [0.25, 0.3) is 0 Å². The lowest BCUT2D eigenvalue weighted by Gasteiger charge is -2.22. The van der Waals surface area contributed by atoms with Gasteiger partial charge in [0.1, 0.15) is 11.5 Å². The quantitative estimate of drug-likeness (QED) is 0.338. The maximum Gasteiger partial charge on any atom is 0.217 e. The molecule has 0 radical (unpaired) electrons. The maximum absolute atomic E-state index is 13.0. The van der Waals surface area contributed by atoms with E-state index < -0.39 is 11.6 Å². The monoisotopic (exact) mass is 416 g/mol. The Hall–Kier alpha value is -4.13. The first-order valence-electron chi connectivity index (χ1n) is 9.67. The van der Waals surface area contributed by atoms with E-state index in [9.17, 15) is 19.5 Å². The Kier molecular flexibility index (Phi) is 4.94. The second-order valence-electron chi connectivity index (χ2n) is 7.43. The molecule has 0 spiro atoms. The minimum atomic E-state index is -0.462. The first kappa shape index (κ1) is 20.2. The number of aromatic hydroxyl groups is 1. The molecule has 0 aromatic heterocycles. The number of hydrogen-bond donors (Lipinski definition) is 3. The van der Waals surface area contributed by atoms with E-state index in [-0.39, 0.29) is 51.8 Å². The molecule has 0 fully saturated rings. The number of primary amides is 1. The van der Waals surface area contributed by atoms with Crippen LogP contribution in [0, 0.1) is 6.92 Å². The Balaban J connectivity index is 1.72. The molecule has 0 atom stereocenters. The lowest BCUT2D eigenvalue weighted by molar-refractivity contribution is -0.118. The molecule has 1 aliphatic rings. The largest absolute Gasteiger partial charge is 0.507 e. The fourth-order valence-electron chi connectivity index (χ4n) is 3.73. The number of benzene rings is 3. The summed E-state index contributed by atoms with van der Waals surface area (Å²) in [5.74, 6) is -1.12. The van der Waals surface area contributed by atoms with Crippen LogP contribution in [0.5, 0.6) is 17.2 Å². The lowest BCUT2D eigenvalue weighted by atomic mass is 9.82. The zero-order valence-electron chi connectivity index (χ0n) is 16.8. The summed E-state index contributed by atoms with van der Waals surface area (Å²) in [7, 11) is 0. The molecule has 4 rings (SSSR count). The second kappa shape index (κ2) is 7.60. The van der Waals surface area contributed by atoms with Crippen molar-refractivity contribution in [2.24, 2.45) is 5.73 Å². The number of anilines is 1. The smallest absolute Gasteiger partial charge is 0.217 e. The predicted octanol–water partition coefficient (Wildman–Crippen LogP) is 3.27. The summed E-state index contributed by atoms with van der Waals surface area (Å²) in [6.45, 7) is 1.82. The molecule has 0 aliphatic heterocycles. The van der Waals surface area contributed by atoms with Crippen LogP contribution in [0.2, 0.25) is 0 Å². The molecule has 0 saturated heterocycles. The highest BCUT2D eigenvalue weighted by Gasteiger charge is 2.35. The van der Waals surface area contributed by atoms with Gasteiger partial charge in [0.2, 0.25) is 5.91 Å². The molecule has 7 nitrogen and oxygen atoms in total. The molecule has 31 heavy (non-hydrogen) atoms. The van der Waals surface area contributed by atoms with Gasteiger partial charge in [-0.25, -0.2) is 0 Å². The van der Waals surface area contributed by atoms with Crippen LogP contribution >= 0.6 is 0 Å². The standard InChI is InChI=1S/C24H20N2O5/c1-12-10-13(7-9-19(25)28)6-8-17(12)31-18-11-16(27)20-21(22(18)26)24(30)15-5-3-2-4-14(15)23(20)29/h2-6,8,10-11,27H,7,9,26H2,1H3,(H2,25,28). The highest BCUT2D eigenvalue weighted by Crippen LogP contribution is 2.42. The Morgan fingerprint density at radius 1 is 0.968 bits per heavy atom. The van der Waals surface area contributed by atoms with Crippen LogP contribution in [0.4, 0.5) is 5.69 Å². The number of amides is 1. The van der Waals surface area contributed by atoms with Gasteiger partial charge < -0.3 is 21.3 Å². The van der Waals surface area contributed by atoms with Crippen molar-refractivity contribution in [2.75, 3.05) is 5.73 Å². The normalized spacial score (nSPS) is 12.3. The van der Waals surface area contributed by atoms with Gasteiger partial charge in [0.15, 0.2) is 17.3 Å². The third-order valence-corrected chi connectivity index (χ3v) is 5.30. The van der Waals surface area contributed by atoms with E-state index >= 15 is 0 Å². The molecule has 3 aromatic rings. The number of phenols is 1. The van der Waals surface area contributed by atoms with E-state index in [4.69, 9.17) is 16.2 Å². The van der Waals surface area contributed by atoms with Crippen LogP contribution in [0.3, 0.4) is 0 Å². The van der Waals surface area contributed by atoms with Crippen molar-refractivity contribution in [3.8, 4) is 17.2 Å². The molecule has 0 unspecified atom stereocenters. The zero-order chi connectivity index (χ0) is 22.3. The number of carbonyl (C=O) groups is 3. The van der Waals surface area contributed by atoms with Crippen LogP contribution in [0.25, 0.3) is 0 Å².